The van der Waals surface area contributed by atoms with Gasteiger partial charge in [-0.05, 0) is 31.4 Å². The van der Waals surface area contributed by atoms with E-state index >= 15 is 0 Å². The lowest BCUT2D eigenvalue weighted by atomic mass is 10.0. The minimum Gasteiger partial charge on any atom is -0.393 e. The first-order chi connectivity index (χ1) is 9.49. The summed E-state index contributed by atoms with van der Waals surface area (Å²) < 4.78 is 1.91. The molecule has 0 saturated carbocycles. The summed E-state index contributed by atoms with van der Waals surface area (Å²) in [4.78, 5) is 12.2. The third kappa shape index (κ3) is 3.20. The highest BCUT2D eigenvalue weighted by Crippen LogP contribution is 2.18. The third-order valence-electron chi connectivity index (χ3n) is 3.54. The van der Waals surface area contributed by atoms with Crippen molar-refractivity contribution in [1.82, 2.24) is 9.88 Å². The number of carbonyl (C=O) groups is 1. The van der Waals surface area contributed by atoms with Crippen molar-refractivity contribution in [2.24, 2.45) is 13.0 Å². The summed E-state index contributed by atoms with van der Waals surface area (Å²) in [5.41, 5.74) is 1.71. The maximum Gasteiger partial charge on any atom is 0.267 e. The van der Waals surface area contributed by atoms with E-state index in [0.29, 0.717) is 18.7 Å². The summed E-state index contributed by atoms with van der Waals surface area (Å²) >= 11 is 0. The Morgan fingerprint density at radius 3 is 2.70 bits per heavy atom. The van der Waals surface area contributed by atoms with Crippen molar-refractivity contribution >= 4 is 16.8 Å². The fraction of sp³-hybridized carbons (Fsp3) is 0.438. The van der Waals surface area contributed by atoms with E-state index in [1.807, 2.05) is 48.9 Å². The van der Waals surface area contributed by atoms with Crippen molar-refractivity contribution in [3.63, 3.8) is 0 Å². The summed E-state index contributed by atoms with van der Waals surface area (Å²) in [6, 6.07) is 9.85. The zero-order valence-electron chi connectivity index (χ0n) is 12.3. The lowest BCUT2D eigenvalue weighted by Crippen LogP contribution is -2.30. The normalized spacial score (nSPS) is 14.2. The van der Waals surface area contributed by atoms with Gasteiger partial charge in [-0.15, -0.1) is 0 Å². The van der Waals surface area contributed by atoms with Crippen LogP contribution in [-0.2, 0) is 7.05 Å². The number of nitrogens with zero attached hydrogens (tertiary/aromatic N) is 1. The van der Waals surface area contributed by atoms with Crippen LogP contribution in [0.2, 0.25) is 0 Å². The highest BCUT2D eigenvalue weighted by Gasteiger charge is 2.14. The van der Waals surface area contributed by atoms with Crippen LogP contribution in [0.5, 0.6) is 0 Å². The maximum absolute atomic E-state index is 12.2. The Labute approximate surface area is 119 Å². The van der Waals surface area contributed by atoms with Gasteiger partial charge in [0.1, 0.15) is 5.69 Å². The predicted molar refractivity (Wildman–Crippen MR) is 80.7 cm³/mol. The van der Waals surface area contributed by atoms with E-state index in [2.05, 4.69) is 5.32 Å². The fourth-order valence-electron chi connectivity index (χ4n) is 2.53. The van der Waals surface area contributed by atoms with Crippen LogP contribution in [0.3, 0.4) is 0 Å². The van der Waals surface area contributed by atoms with Crippen LogP contribution in [0, 0.1) is 5.92 Å². The molecule has 0 radical (unpaired) electrons. The molecule has 1 amide bonds. The number of carbonyl (C=O) groups excluding carboxylic acids is 1. The molecule has 1 aromatic heterocycles. The Morgan fingerprint density at radius 1 is 1.35 bits per heavy atom. The second kappa shape index (κ2) is 6.09. The number of aliphatic hydroxyl groups is 1. The molecule has 2 aromatic rings. The van der Waals surface area contributed by atoms with Gasteiger partial charge in [0.05, 0.1) is 6.10 Å². The minimum atomic E-state index is -0.334. The lowest BCUT2D eigenvalue weighted by Gasteiger charge is -2.14. The minimum absolute atomic E-state index is 0.0684. The van der Waals surface area contributed by atoms with E-state index in [1.165, 1.54) is 0 Å². The molecule has 0 aliphatic rings. The van der Waals surface area contributed by atoms with E-state index in [1.54, 1.807) is 6.92 Å². The number of fused-ring (bicyclic) bond motifs is 1. The van der Waals surface area contributed by atoms with Gasteiger partial charge in [-0.3, -0.25) is 4.79 Å². The summed E-state index contributed by atoms with van der Waals surface area (Å²) in [5, 5.41) is 13.3. The third-order valence-corrected chi connectivity index (χ3v) is 3.54. The van der Waals surface area contributed by atoms with Crippen LogP contribution >= 0.6 is 0 Å². The largest absolute Gasteiger partial charge is 0.393 e. The molecule has 0 saturated heterocycles. The van der Waals surface area contributed by atoms with Crippen LogP contribution in [-0.4, -0.2) is 28.2 Å². The van der Waals surface area contributed by atoms with E-state index in [9.17, 15) is 9.90 Å². The van der Waals surface area contributed by atoms with E-state index in [4.69, 9.17) is 0 Å². The Hall–Kier alpha value is -1.81. The van der Waals surface area contributed by atoms with E-state index in [0.717, 1.165) is 10.9 Å². The first-order valence-electron chi connectivity index (χ1n) is 6.99. The molecular formula is C16H22N2O2. The number of hydrogen-bond donors (Lipinski definition) is 2. The van der Waals surface area contributed by atoms with Crippen LogP contribution in [0.15, 0.2) is 30.3 Å². The van der Waals surface area contributed by atoms with Gasteiger partial charge in [0.25, 0.3) is 5.91 Å². The molecule has 4 heteroatoms. The van der Waals surface area contributed by atoms with Gasteiger partial charge in [0.15, 0.2) is 0 Å². The van der Waals surface area contributed by atoms with Gasteiger partial charge in [0.2, 0.25) is 0 Å². The molecule has 0 spiro atoms. The first kappa shape index (κ1) is 14.6. The average molecular weight is 274 g/mol. The average Bonchev–Trinajstić information content (AvgIpc) is 2.73. The molecule has 1 aromatic carbocycles. The molecule has 0 fully saturated rings. The molecule has 2 N–H and O–H groups in total. The van der Waals surface area contributed by atoms with Crippen molar-refractivity contribution in [2.75, 3.05) is 6.54 Å². The van der Waals surface area contributed by atoms with Gasteiger partial charge in [-0.25, -0.2) is 0 Å². The van der Waals surface area contributed by atoms with E-state index < -0.39 is 0 Å². The quantitative estimate of drug-likeness (QED) is 0.879. The van der Waals surface area contributed by atoms with Crippen molar-refractivity contribution in [2.45, 2.75) is 26.4 Å². The highest BCUT2D eigenvalue weighted by atomic mass is 16.3. The van der Waals surface area contributed by atoms with Crippen LogP contribution in [0.1, 0.15) is 30.8 Å². The smallest absolute Gasteiger partial charge is 0.267 e. The van der Waals surface area contributed by atoms with Crippen molar-refractivity contribution in [1.29, 1.82) is 0 Å². The zero-order chi connectivity index (χ0) is 14.7. The molecule has 20 heavy (non-hydrogen) atoms. The Bertz CT molecular complexity index is 602. The van der Waals surface area contributed by atoms with Gasteiger partial charge < -0.3 is 15.0 Å². The number of para-hydroxylation sites is 1. The van der Waals surface area contributed by atoms with Crippen LogP contribution < -0.4 is 5.32 Å². The Kier molecular flexibility index (Phi) is 4.45. The number of aromatic nitrogens is 1. The first-order valence-corrected chi connectivity index (χ1v) is 6.99. The summed E-state index contributed by atoms with van der Waals surface area (Å²) in [5.74, 6) is 0.190. The molecule has 2 rings (SSSR count). The van der Waals surface area contributed by atoms with Gasteiger partial charge in [0, 0.05) is 24.5 Å². The second-order valence-electron chi connectivity index (χ2n) is 5.55. The second-order valence-corrected chi connectivity index (χ2v) is 5.55. The topological polar surface area (TPSA) is 54.3 Å². The fourth-order valence-corrected chi connectivity index (χ4v) is 2.53. The molecule has 0 aliphatic carbocycles. The summed E-state index contributed by atoms with van der Waals surface area (Å²) in [7, 11) is 1.90. The molecule has 108 valence electrons. The molecule has 0 aliphatic heterocycles. The monoisotopic (exact) mass is 274 g/mol. The van der Waals surface area contributed by atoms with Gasteiger partial charge >= 0.3 is 0 Å². The molecule has 2 unspecified atom stereocenters. The molecular weight excluding hydrogens is 252 g/mol. The highest BCUT2D eigenvalue weighted by molar-refractivity contribution is 5.98. The Balaban J connectivity index is 2.06. The number of hydrogen-bond acceptors (Lipinski definition) is 2. The Morgan fingerprint density at radius 2 is 2.05 bits per heavy atom. The number of aliphatic hydroxyl groups excluding tert-OH is 1. The number of amides is 1. The van der Waals surface area contributed by atoms with Crippen LogP contribution in [0.4, 0.5) is 0 Å². The predicted octanol–water partition coefficient (Wildman–Crippen LogP) is 2.32. The van der Waals surface area contributed by atoms with Gasteiger partial charge in [-0.2, -0.15) is 0 Å². The van der Waals surface area contributed by atoms with E-state index in [-0.39, 0.29) is 17.9 Å². The number of rotatable bonds is 5. The maximum atomic E-state index is 12.2. The van der Waals surface area contributed by atoms with Crippen molar-refractivity contribution < 1.29 is 9.90 Å². The van der Waals surface area contributed by atoms with Crippen molar-refractivity contribution in [3.8, 4) is 0 Å². The molecule has 1 heterocycles. The molecule has 4 nitrogen and oxygen atoms in total. The summed E-state index contributed by atoms with van der Waals surface area (Å²) in [6.07, 6.45) is 0.356. The SMILES string of the molecule is CC(O)CC(C)CNC(=O)c1cc2ccccc2n1C. The zero-order valence-corrected chi connectivity index (χ0v) is 12.3. The number of benzene rings is 1. The number of aryl methyl sites for hydroxylation is 1. The lowest BCUT2D eigenvalue weighted by molar-refractivity contribution is 0.0931. The van der Waals surface area contributed by atoms with Gasteiger partial charge in [-0.1, -0.05) is 25.1 Å². The molecule has 2 atom stereocenters. The summed E-state index contributed by atoms with van der Waals surface area (Å²) in [6.45, 7) is 4.36. The standard InChI is InChI=1S/C16H22N2O2/c1-11(8-12(2)19)10-17-16(20)15-9-13-6-4-5-7-14(13)18(15)3/h4-7,9,11-12,19H,8,10H2,1-3H3,(H,17,20). The molecule has 0 bridgehead atoms. The van der Waals surface area contributed by atoms with Crippen molar-refractivity contribution in [3.05, 3.63) is 36.0 Å². The van der Waals surface area contributed by atoms with Crippen LogP contribution in [0.25, 0.3) is 10.9 Å². The number of nitrogens with one attached hydrogen (secondary N) is 1.